The normalized spacial score (nSPS) is 13.6. The highest BCUT2D eigenvalue weighted by Gasteiger charge is 2.18. The molecular weight excluding hydrogens is 270 g/mol. The van der Waals surface area contributed by atoms with Crippen LogP contribution in [0.2, 0.25) is 0 Å². The van der Waals surface area contributed by atoms with E-state index >= 15 is 0 Å². The van der Waals surface area contributed by atoms with E-state index < -0.39 is 18.1 Å². The van der Waals surface area contributed by atoms with Crippen LogP contribution in [0.4, 0.5) is 4.79 Å². The molecule has 106 valence electrons. The number of ether oxygens (including phenoxy) is 1. The van der Waals surface area contributed by atoms with Gasteiger partial charge in [-0.25, -0.2) is 14.6 Å². The minimum absolute atomic E-state index is 0.0959. The van der Waals surface area contributed by atoms with E-state index in [1.807, 2.05) is 19.2 Å². The number of carboxylic acids is 1. The fourth-order valence-corrected chi connectivity index (χ4v) is 2.14. The largest absolute Gasteiger partial charge is 0.479 e. The molecule has 2 amide bonds. The summed E-state index contributed by atoms with van der Waals surface area (Å²) >= 11 is 1.46. The van der Waals surface area contributed by atoms with Gasteiger partial charge in [-0.3, -0.25) is 0 Å². The van der Waals surface area contributed by atoms with Gasteiger partial charge in [0.15, 0.2) is 6.10 Å². The number of nitrogens with zero attached hydrogens (tertiary/aromatic N) is 1. The average molecular weight is 287 g/mol. The second-order valence-corrected chi connectivity index (χ2v) is 4.86. The van der Waals surface area contributed by atoms with Crippen molar-refractivity contribution in [2.75, 3.05) is 13.7 Å². The van der Waals surface area contributed by atoms with Gasteiger partial charge in [0.1, 0.15) is 5.01 Å². The number of carbonyl (C=O) groups is 2. The third-order valence-corrected chi connectivity index (χ3v) is 3.51. The summed E-state index contributed by atoms with van der Waals surface area (Å²) < 4.78 is 4.70. The zero-order valence-electron chi connectivity index (χ0n) is 11.0. The highest BCUT2D eigenvalue weighted by atomic mass is 32.1. The number of methoxy groups -OCH3 is 1. The lowest BCUT2D eigenvalue weighted by molar-refractivity contribution is -0.147. The molecule has 0 aliphatic rings. The monoisotopic (exact) mass is 287 g/mol. The molecule has 0 saturated carbocycles. The molecule has 0 aliphatic carbocycles. The van der Waals surface area contributed by atoms with E-state index in [2.05, 4.69) is 15.6 Å². The number of hydrogen-bond donors (Lipinski definition) is 3. The summed E-state index contributed by atoms with van der Waals surface area (Å²) in [5, 5.41) is 16.6. The molecule has 3 N–H and O–H groups in total. The van der Waals surface area contributed by atoms with Crippen molar-refractivity contribution in [3.63, 3.8) is 0 Å². The Morgan fingerprint density at radius 3 is 2.74 bits per heavy atom. The molecule has 0 saturated heterocycles. The Labute approximate surface area is 115 Å². The Hall–Kier alpha value is -1.67. The number of nitrogens with one attached hydrogen (secondary N) is 2. The average Bonchev–Trinajstić information content (AvgIpc) is 2.76. The zero-order chi connectivity index (χ0) is 14.4. The van der Waals surface area contributed by atoms with Crippen molar-refractivity contribution >= 4 is 23.3 Å². The van der Waals surface area contributed by atoms with Crippen LogP contribution in [0.5, 0.6) is 0 Å². The van der Waals surface area contributed by atoms with Crippen molar-refractivity contribution in [2.24, 2.45) is 0 Å². The minimum Gasteiger partial charge on any atom is -0.479 e. The van der Waals surface area contributed by atoms with Gasteiger partial charge in [0.25, 0.3) is 0 Å². The highest BCUT2D eigenvalue weighted by Crippen LogP contribution is 2.16. The predicted octanol–water partition coefficient (Wildman–Crippen LogP) is 0.911. The molecular formula is C11H17N3O4S. The van der Waals surface area contributed by atoms with E-state index in [-0.39, 0.29) is 12.6 Å². The van der Waals surface area contributed by atoms with Gasteiger partial charge in [-0.15, -0.1) is 11.3 Å². The lowest BCUT2D eigenvalue weighted by Crippen LogP contribution is -2.43. The van der Waals surface area contributed by atoms with Gasteiger partial charge in [0, 0.05) is 18.2 Å². The first-order valence-corrected chi connectivity index (χ1v) is 6.54. The molecule has 1 rings (SSSR count). The minimum atomic E-state index is -1.12. The number of aromatic nitrogens is 1. The number of rotatable bonds is 6. The highest BCUT2D eigenvalue weighted by molar-refractivity contribution is 7.09. The number of aryl methyl sites for hydroxylation is 1. The van der Waals surface area contributed by atoms with E-state index in [0.717, 1.165) is 10.7 Å². The van der Waals surface area contributed by atoms with Gasteiger partial charge >= 0.3 is 12.0 Å². The molecule has 0 spiro atoms. The van der Waals surface area contributed by atoms with E-state index in [4.69, 9.17) is 9.84 Å². The van der Waals surface area contributed by atoms with Crippen LogP contribution in [-0.4, -0.2) is 41.8 Å². The molecule has 1 aromatic heterocycles. The lowest BCUT2D eigenvalue weighted by Gasteiger charge is -2.14. The molecule has 0 radical (unpaired) electrons. The second kappa shape index (κ2) is 7.05. The molecule has 2 atom stereocenters. The van der Waals surface area contributed by atoms with Crippen LogP contribution in [0.15, 0.2) is 5.38 Å². The SMILES string of the molecule is COC(CNC(=O)NC(C)c1nc(C)cs1)C(=O)O. The Kier molecular flexibility index (Phi) is 5.71. The maximum atomic E-state index is 11.6. The van der Waals surface area contributed by atoms with E-state index in [9.17, 15) is 9.59 Å². The predicted molar refractivity (Wildman–Crippen MR) is 70.2 cm³/mol. The first-order valence-electron chi connectivity index (χ1n) is 5.66. The van der Waals surface area contributed by atoms with E-state index in [1.165, 1.54) is 18.4 Å². The molecule has 1 aromatic rings. The van der Waals surface area contributed by atoms with Gasteiger partial charge in [-0.05, 0) is 13.8 Å². The molecule has 1 heterocycles. The van der Waals surface area contributed by atoms with Crippen molar-refractivity contribution in [3.05, 3.63) is 16.1 Å². The van der Waals surface area contributed by atoms with Crippen molar-refractivity contribution in [1.29, 1.82) is 0 Å². The standard InChI is InChI=1S/C11H17N3O4S/c1-6-5-19-9(13-6)7(2)14-11(17)12-4-8(18-3)10(15)16/h5,7-8H,4H2,1-3H3,(H,15,16)(H2,12,14,17). The quantitative estimate of drug-likeness (QED) is 0.722. The van der Waals surface area contributed by atoms with E-state index in [0.29, 0.717) is 0 Å². The van der Waals surface area contributed by atoms with Crippen LogP contribution in [0.25, 0.3) is 0 Å². The van der Waals surface area contributed by atoms with Crippen LogP contribution < -0.4 is 10.6 Å². The topological polar surface area (TPSA) is 101 Å². The number of thiazole rings is 1. The Morgan fingerprint density at radius 2 is 2.26 bits per heavy atom. The maximum absolute atomic E-state index is 11.6. The first kappa shape index (κ1) is 15.4. The smallest absolute Gasteiger partial charge is 0.334 e. The Morgan fingerprint density at radius 1 is 1.58 bits per heavy atom. The third kappa shape index (κ3) is 4.84. The summed E-state index contributed by atoms with van der Waals surface area (Å²) in [6.07, 6.45) is -1.05. The molecule has 8 heteroatoms. The van der Waals surface area contributed by atoms with Crippen molar-refractivity contribution in [1.82, 2.24) is 15.6 Å². The second-order valence-electron chi connectivity index (χ2n) is 3.97. The third-order valence-electron chi connectivity index (χ3n) is 2.36. The van der Waals surface area contributed by atoms with Crippen LogP contribution >= 0.6 is 11.3 Å². The summed E-state index contributed by atoms with van der Waals surface area (Å²) in [6.45, 7) is 3.59. The zero-order valence-corrected chi connectivity index (χ0v) is 11.8. The molecule has 0 aromatic carbocycles. The molecule has 0 fully saturated rings. The van der Waals surface area contributed by atoms with Crippen LogP contribution in [0, 0.1) is 6.92 Å². The number of aliphatic carboxylic acids is 1. The fraction of sp³-hybridized carbons (Fsp3) is 0.545. The summed E-state index contributed by atoms with van der Waals surface area (Å²) in [5.74, 6) is -1.12. The number of carbonyl (C=O) groups excluding carboxylic acids is 1. The number of urea groups is 1. The number of amides is 2. The molecule has 0 bridgehead atoms. The summed E-state index contributed by atoms with van der Waals surface area (Å²) in [4.78, 5) is 26.5. The van der Waals surface area contributed by atoms with Gasteiger partial charge in [0.2, 0.25) is 0 Å². The summed E-state index contributed by atoms with van der Waals surface area (Å²) in [6, 6.07) is -0.687. The van der Waals surface area contributed by atoms with Gasteiger partial charge in [0.05, 0.1) is 12.6 Å². The molecule has 7 nitrogen and oxygen atoms in total. The van der Waals surface area contributed by atoms with Crippen LogP contribution in [0.3, 0.4) is 0 Å². The first-order chi connectivity index (χ1) is 8.93. The van der Waals surface area contributed by atoms with Gasteiger partial charge in [-0.1, -0.05) is 0 Å². The Balaban J connectivity index is 2.41. The summed E-state index contributed by atoms with van der Waals surface area (Å²) in [7, 11) is 1.28. The van der Waals surface area contributed by atoms with Crippen molar-refractivity contribution < 1.29 is 19.4 Å². The fourth-order valence-electron chi connectivity index (χ4n) is 1.34. The van der Waals surface area contributed by atoms with E-state index in [1.54, 1.807) is 0 Å². The van der Waals surface area contributed by atoms with Gasteiger partial charge in [-0.2, -0.15) is 0 Å². The number of hydrogen-bond acceptors (Lipinski definition) is 5. The van der Waals surface area contributed by atoms with Crippen LogP contribution in [-0.2, 0) is 9.53 Å². The molecule has 19 heavy (non-hydrogen) atoms. The summed E-state index contributed by atoms with van der Waals surface area (Å²) in [5.41, 5.74) is 0.902. The van der Waals surface area contributed by atoms with Crippen molar-refractivity contribution in [3.8, 4) is 0 Å². The Bertz CT molecular complexity index is 449. The van der Waals surface area contributed by atoms with Crippen molar-refractivity contribution in [2.45, 2.75) is 26.0 Å². The molecule has 0 aliphatic heterocycles. The lowest BCUT2D eigenvalue weighted by atomic mass is 10.3. The number of carboxylic acid groups (broad SMARTS) is 1. The maximum Gasteiger partial charge on any atom is 0.334 e. The molecule has 2 unspecified atom stereocenters. The van der Waals surface area contributed by atoms with Gasteiger partial charge < -0.3 is 20.5 Å². The van der Waals surface area contributed by atoms with Crippen LogP contribution in [0.1, 0.15) is 23.7 Å².